The summed E-state index contributed by atoms with van der Waals surface area (Å²) < 4.78 is 25.1. The molecule has 0 unspecified atom stereocenters. The van der Waals surface area contributed by atoms with Gasteiger partial charge in [0.1, 0.15) is 0 Å². The molecule has 2 heterocycles. The number of sulfone groups is 1. The fourth-order valence-electron chi connectivity index (χ4n) is 3.83. The van der Waals surface area contributed by atoms with Gasteiger partial charge in [0.2, 0.25) is 5.91 Å². The molecule has 164 valence electrons. The van der Waals surface area contributed by atoms with E-state index in [2.05, 4.69) is 30.0 Å². The van der Waals surface area contributed by atoms with Crippen molar-refractivity contribution in [1.82, 2.24) is 9.88 Å². The third kappa shape index (κ3) is 4.60. The zero-order valence-corrected chi connectivity index (χ0v) is 19.5. The van der Waals surface area contributed by atoms with Crippen LogP contribution in [0.15, 0.2) is 47.4 Å². The number of piperazine rings is 1. The summed E-state index contributed by atoms with van der Waals surface area (Å²) in [7, 11) is -3.22. The van der Waals surface area contributed by atoms with Gasteiger partial charge in [0.05, 0.1) is 27.3 Å². The molecule has 1 aliphatic rings. The predicted molar refractivity (Wildman–Crippen MR) is 126 cm³/mol. The summed E-state index contributed by atoms with van der Waals surface area (Å²) >= 11 is 1.71. The highest BCUT2D eigenvalue weighted by Gasteiger charge is 2.23. The van der Waals surface area contributed by atoms with Gasteiger partial charge < -0.3 is 9.80 Å². The average molecular weight is 458 g/mol. The van der Waals surface area contributed by atoms with Crippen LogP contribution in [0.5, 0.6) is 0 Å². The van der Waals surface area contributed by atoms with Gasteiger partial charge in [0.25, 0.3) is 0 Å². The molecule has 1 fully saturated rings. The number of rotatable bonds is 6. The van der Waals surface area contributed by atoms with Gasteiger partial charge in [-0.1, -0.05) is 49.4 Å². The summed E-state index contributed by atoms with van der Waals surface area (Å²) in [4.78, 5) is 22.1. The van der Waals surface area contributed by atoms with Crippen LogP contribution in [-0.4, -0.2) is 56.1 Å². The first-order valence-electron chi connectivity index (χ1n) is 10.6. The molecule has 0 saturated carbocycles. The molecule has 31 heavy (non-hydrogen) atoms. The van der Waals surface area contributed by atoms with Crippen molar-refractivity contribution in [1.29, 1.82) is 0 Å². The molecular weight excluding hydrogens is 430 g/mol. The summed E-state index contributed by atoms with van der Waals surface area (Å²) in [5, 5.41) is 1.02. The molecule has 0 aliphatic carbocycles. The minimum atomic E-state index is -3.22. The number of anilines is 1. The quantitative estimate of drug-likeness (QED) is 0.566. The van der Waals surface area contributed by atoms with Gasteiger partial charge in [-0.3, -0.25) is 4.79 Å². The van der Waals surface area contributed by atoms with Gasteiger partial charge in [-0.2, -0.15) is 0 Å². The maximum atomic E-state index is 12.7. The average Bonchev–Trinajstić information content (AvgIpc) is 3.24. The summed E-state index contributed by atoms with van der Waals surface area (Å²) in [5.74, 6) is 0.146. The zero-order chi connectivity index (χ0) is 22.0. The van der Waals surface area contributed by atoms with Crippen molar-refractivity contribution in [3.05, 3.63) is 53.6 Å². The Labute approximate surface area is 187 Å². The number of nitrogens with zero attached hydrogens (tertiary/aromatic N) is 3. The molecule has 2 aromatic carbocycles. The van der Waals surface area contributed by atoms with E-state index in [1.165, 1.54) is 10.3 Å². The third-order valence-corrected chi connectivity index (χ3v) is 8.62. The molecule has 1 amide bonds. The molecule has 1 aliphatic heterocycles. The fraction of sp³-hybridized carbons (Fsp3) is 0.391. The molecule has 8 heteroatoms. The van der Waals surface area contributed by atoms with Crippen LogP contribution in [-0.2, 0) is 27.5 Å². The van der Waals surface area contributed by atoms with Crippen molar-refractivity contribution in [3.8, 4) is 0 Å². The Hall–Kier alpha value is -2.45. The second-order valence-electron chi connectivity index (χ2n) is 7.71. The smallest absolute Gasteiger partial charge is 0.227 e. The number of para-hydroxylation sites is 1. The first-order chi connectivity index (χ1) is 14.9. The Morgan fingerprint density at radius 1 is 1.03 bits per heavy atom. The molecule has 0 spiro atoms. The van der Waals surface area contributed by atoms with E-state index in [-0.39, 0.29) is 18.1 Å². The van der Waals surface area contributed by atoms with E-state index in [0.29, 0.717) is 18.0 Å². The van der Waals surface area contributed by atoms with Crippen LogP contribution in [0.25, 0.3) is 10.2 Å². The van der Waals surface area contributed by atoms with E-state index in [1.54, 1.807) is 42.5 Å². The number of fused-ring (bicyclic) bond motifs is 1. The van der Waals surface area contributed by atoms with Crippen molar-refractivity contribution >= 4 is 42.4 Å². The SMILES string of the molecule is CCc1cccc2sc(N3CCN(C(=O)Cc4ccc(S(=O)(=O)CC)cc4)CC3)nc12. The van der Waals surface area contributed by atoms with Gasteiger partial charge in [0.15, 0.2) is 15.0 Å². The monoisotopic (exact) mass is 457 g/mol. The minimum Gasteiger partial charge on any atom is -0.345 e. The number of carbonyl (C=O) groups is 1. The summed E-state index contributed by atoms with van der Waals surface area (Å²) in [6.07, 6.45) is 1.25. The molecule has 1 saturated heterocycles. The number of aryl methyl sites for hydroxylation is 1. The highest BCUT2D eigenvalue weighted by molar-refractivity contribution is 7.91. The minimum absolute atomic E-state index is 0.0725. The molecule has 0 N–H and O–H groups in total. The fourth-order valence-corrected chi connectivity index (χ4v) is 5.78. The number of thiazole rings is 1. The topological polar surface area (TPSA) is 70.6 Å². The number of amides is 1. The van der Waals surface area contributed by atoms with E-state index in [4.69, 9.17) is 4.98 Å². The molecule has 4 rings (SSSR count). The molecule has 0 radical (unpaired) electrons. The molecule has 6 nitrogen and oxygen atoms in total. The van der Waals surface area contributed by atoms with Crippen molar-refractivity contribution in [2.24, 2.45) is 0 Å². The van der Waals surface area contributed by atoms with Gasteiger partial charge in [-0.05, 0) is 35.7 Å². The highest BCUT2D eigenvalue weighted by Crippen LogP contribution is 2.31. The maximum Gasteiger partial charge on any atom is 0.227 e. The number of carbonyl (C=O) groups excluding carboxylic acids is 1. The zero-order valence-electron chi connectivity index (χ0n) is 17.9. The first kappa shape index (κ1) is 21.8. The van der Waals surface area contributed by atoms with Crippen molar-refractivity contribution in [3.63, 3.8) is 0 Å². The Balaban J connectivity index is 1.37. The van der Waals surface area contributed by atoms with Gasteiger partial charge >= 0.3 is 0 Å². The molecule has 1 aromatic heterocycles. The maximum absolute atomic E-state index is 12.7. The van der Waals surface area contributed by atoms with Crippen LogP contribution in [0.4, 0.5) is 5.13 Å². The summed E-state index contributed by atoms with van der Waals surface area (Å²) in [6.45, 7) is 6.63. The van der Waals surface area contributed by atoms with E-state index in [1.807, 2.05) is 4.90 Å². The van der Waals surface area contributed by atoms with Crippen LogP contribution in [0.3, 0.4) is 0 Å². The largest absolute Gasteiger partial charge is 0.345 e. The van der Waals surface area contributed by atoms with Gasteiger partial charge in [0, 0.05) is 26.2 Å². The number of benzene rings is 2. The third-order valence-electron chi connectivity index (χ3n) is 5.79. The lowest BCUT2D eigenvalue weighted by atomic mass is 10.1. The lowest BCUT2D eigenvalue weighted by molar-refractivity contribution is -0.130. The van der Waals surface area contributed by atoms with Crippen LogP contribution >= 0.6 is 11.3 Å². The number of aromatic nitrogens is 1. The van der Waals surface area contributed by atoms with E-state index in [0.717, 1.165) is 35.7 Å². The van der Waals surface area contributed by atoms with Crippen molar-refractivity contribution in [2.45, 2.75) is 31.6 Å². The van der Waals surface area contributed by atoms with Crippen LogP contribution in [0, 0.1) is 0 Å². The Morgan fingerprint density at radius 3 is 2.39 bits per heavy atom. The Bertz CT molecular complexity index is 1180. The van der Waals surface area contributed by atoms with Gasteiger partial charge in [-0.15, -0.1) is 0 Å². The van der Waals surface area contributed by atoms with Gasteiger partial charge in [-0.25, -0.2) is 13.4 Å². The van der Waals surface area contributed by atoms with E-state index in [9.17, 15) is 13.2 Å². The van der Waals surface area contributed by atoms with Crippen molar-refractivity contribution < 1.29 is 13.2 Å². The molecule has 0 bridgehead atoms. The summed E-state index contributed by atoms with van der Waals surface area (Å²) in [6, 6.07) is 13.0. The summed E-state index contributed by atoms with van der Waals surface area (Å²) in [5.41, 5.74) is 3.20. The second kappa shape index (κ2) is 8.96. The molecule has 3 aromatic rings. The first-order valence-corrected chi connectivity index (χ1v) is 13.1. The van der Waals surface area contributed by atoms with E-state index >= 15 is 0 Å². The highest BCUT2D eigenvalue weighted by atomic mass is 32.2. The van der Waals surface area contributed by atoms with Crippen LogP contribution in [0.1, 0.15) is 25.0 Å². The lowest BCUT2D eigenvalue weighted by Crippen LogP contribution is -2.49. The number of hydrogen-bond donors (Lipinski definition) is 0. The number of hydrogen-bond acceptors (Lipinski definition) is 6. The molecular formula is C23H27N3O3S2. The Morgan fingerprint density at radius 2 is 1.74 bits per heavy atom. The van der Waals surface area contributed by atoms with E-state index < -0.39 is 9.84 Å². The molecule has 0 atom stereocenters. The standard InChI is InChI=1S/C23H27N3O3S2/c1-3-18-6-5-7-20-22(18)24-23(30-20)26-14-12-25(13-15-26)21(27)16-17-8-10-19(11-9-17)31(28,29)4-2/h5-11H,3-4,12-16H2,1-2H3. The second-order valence-corrected chi connectivity index (χ2v) is 11.0. The van der Waals surface area contributed by atoms with Crippen molar-refractivity contribution in [2.75, 3.05) is 36.8 Å². The van der Waals surface area contributed by atoms with Crippen LogP contribution < -0.4 is 4.90 Å². The predicted octanol–water partition coefficient (Wildman–Crippen LogP) is 3.54. The van der Waals surface area contributed by atoms with Crippen LogP contribution in [0.2, 0.25) is 0 Å². The Kier molecular flexibility index (Phi) is 6.29. The lowest BCUT2D eigenvalue weighted by Gasteiger charge is -2.34. The normalized spacial score (nSPS) is 14.9.